The van der Waals surface area contributed by atoms with Gasteiger partial charge in [-0.15, -0.1) is 0 Å². The first-order valence-corrected chi connectivity index (χ1v) is 12.2. The first-order chi connectivity index (χ1) is 18.5. The zero-order valence-electron chi connectivity index (χ0n) is 21.0. The van der Waals surface area contributed by atoms with E-state index in [-0.39, 0.29) is 6.61 Å². The van der Waals surface area contributed by atoms with Gasteiger partial charge in [0, 0.05) is 40.7 Å². The molecule has 10 nitrogen and oxygen atoms in total. The number of aliphatic hydroxyl groups is 1. The number of anilines is 3. The first-order valence-electron chi connectivity index (χ1n) is 12.2. The van der Waals surface area contributed by atoms with E-state index in [1.54, 1.807) is 24.3 Å². The predicted molar refractivity (Wildman–Crippen MR) is 148 cm³/mol. The number of aromatic nitrogens is 1. The monoisotopic (exact) mass is 517 g/mol. The number of urea groups is 1. The summed E-state index contributed by atoms with van der Waals surface area (Å²) in [4.78, 5) is 26.8. The number of carbonyl (C=O) groups excluding carboxylic acids is 2. The van der Waals surface area contributed by atoms with Crippen LogP contribution >= 0.6 is 0 Å². The Morgan fingerprint density at radius 2 is 1.66 bits per heavy atom. The van der Waals surface area contributed by atoms with Crippen LogP contribution in [-0.4, -0.2) is 55.1 Å². The molecule has 0 saturated heterocycles. The molecule has 10 heteroatoms. The molecule has 0 aliphatic carbocycles. The smallest absolute Gasteiger partial charge is 0.411 e. The van der Waals surface area contributed by atoms with Crippen molar-refractivity contribution in [2.75, 3.05) is 42.8 Å². The molecule has 0 aliphatic heterocycles. The molecule has 0 fully saturated rings. The molecule has 3 amide bonds. The van der Waals surface area contributed by atoms with Gasteiger partial charge in [-0.3, -0.25) is 5.32 Å². The Morgan fingerprint density at radius 3 is 2.45 bits per heavy atom. The molecule has 0 spiro atoms. The molecule has 0 radical (unpaired) electrons. The minimum absolute atomic E-state index is 0.200. The van der Waals surface area contributed by atoms with Crippen LogP contribution in [0.15, 0.2) is 79.0 Å². The molecule has 3 aromatic carbocycles. The molecule has 1 aromatic heterocycles. The summed E-state index contributed by atoms with van der Waals surface area (Å²) in [6, 6.07) is 21.6. The normalized spacial score (nSPS) is 11.5. The summed E-state index contributed by atoms with van der Waals surface area (Å²) in [5.74, 6) is 0.745. The van der Waals surface area contributed by atoms with Crippen LogP contribution in [0, 0.1) is 0 Å². The number of methoxy groups -OCH3 is 1. The van der Waals surface area contributed by atoms with Crippen LogP contribution in [0.4, 0.5) is 26.7 Å². The lowest BCUT2D eigenvalue weighted by atomic mass is 10.1. The Hall–Kier alpha value is -4.54. The van der Waals surface area contributed by atoms with Crippen LogP contribution in [0.3, 0.4) is 0 Å². The molecule has 0 saturated carbocycles. The molecular formula is C28H31N5O5. The molecule has 4 rings (SSSR count). The molecule has 0 aliphatic rings. The lowest BCUT2D eigenvalue weighted by molar-refractivity contribution is 0.107. The third kappa shape index (κ3) is 7.73. The van der Waals surface area contributed by atoms with Crippen molar-refractivity contribution in [3.8, 4) is 5.75 Å². The van der Waals surface area contributed by atoms with E-state index in [0.29, 0.717) is 30.2 Å². The van der Waals surface area contributed by atoms with E-state index in [1.165, 1.54) is 7.11 Å². The Balaban J connectivity index is 1.15. The van der Waals surface area contributed by atoms with Gasteiger partial charge in [-0.05, 0) is 67.1 Å². The number of hydrogen-bond donors (Lipinski definition) is 6. The maximum absolute atomic E-state index is 12.3. The second-order valence-corrected chi connectivity index (χ2v) is 8.59. The van der Waals surface area contributed by atoms with Crippen molar-refractivity contribution in [2.45, 2.75) is 12.5 Å². The lowest BCUT2D eigenvalue weighted by Crippen LogP contribution is -2.32. The highest BCUT2D eigenvalue weighted by molar-refractivity contribution is 6.00. The minimum Gasteiger partial charge on any atom is -0.490 e. The maximum Gasteiger partial charge on any atom is 0.411 e. The van der Waals surface area contributed by atoms with Crippen molar-refractivity contribution in [2.24, 2.45) is 0 Å². The third-order valence-corrected chi connectivity index (χ3v) is 5.72. The van der Waals surface area contributed by atoms with Gasteiger partial charge in [-0.1, -0.05) is 24.3 Å². The summed E-state index contributed by atoms with van der Waals surface area (Å²) in [5, 5.41) is 22.6. The number of aliphatic hydroxyl groups excluding tert-OH is 1. The number of ether oxygens (including phenoxy) is 2. The molecule has 0 bridgehead atoms. The summed E-state index contributed by atoms with van der Waals surface area (Å²) in [6.07, 6.45) is 1.41. The van der Waals surface area contributed by atoms with Crippen molar-refractivity contribution >= 4 is 40.1 Å². The lowest BCUT2D eigenvalue weighted by Gasteiger charge is -2.14. The average molecular weight is 518 g/mol. The van der Waals surface area contributed by atoms with E-state index in [1.807, 2.05) is 54.7 Å². The number of H-pyrrole nitrogens is 1. The van der Waals surface area contributed by atoms with Gasteiger partial charge >= 0.3 is 12.1 Å². The number of aromatic amines is 1. The van der Waals surface area contributed by atoms with Crippen molar-refractivity contribution in [3.05, 3.63) is 84.6 Å². The zero-order valence-corrected chi connectivity index (χ0v) is 21.0. The average Bonchev–Trinajstić information content (AvgIpc) is 3.40. The van der Waals surface area contributed by atoms with E-state index in [2.05, 4.69) is 31.0 Å². The summed E-state index contributed by atoms with van der Waals surface area (Å²) < 4.78 is 10.4. The zero-order chi connectivity index (χ0) is 26.7. The Bertz CT molecular complexity index is 1360. The summed E-state index contributed by atoms with van der Waals surface area (Å²) in [7, 11) is 1.28. The Labute approximate surface area is 220 Å². The fourth-order valence-corrected chi connectivity index (χ4v) is 3.82. The minimum atomic E-state index is -0.633. The fourth-order valence-electron chi connectivity index (χ4n) is 3.82. The van der Waals surface area contributed by atoms with Gasteiger partial charge in [-0.25, -0.2) is 9.59 Å². The van der Waals surface area contributed by atoms with E-state index in [9.17, 15) is 14.7 Å². The van der Waals surface area contributed by atoms with Crippen molar-refractivity contribution < 1.29 is 24.2 Å². The molecule has 38 heavy (non-hydrogen) atoms. The van der Waals surface area contributed by atoms with Crippen LogP contribution in [0.25, 0.3) is 10.9 Å². The van der Waals surface area contributed by atoms with E-state index in [4.69, 9.17) is 4.74 Å². The quantitative estimate of drug-likeness (QED) is 0.161. The highest BCUT2D eigenvalue weighted by Crippen LogP contribution is 2.24. The molecule has 1 atom stereocenters. The molecule has 1 heterocycles. The second-order valence-electron chi connectivity index (χ2n) is 8.59. The van der Waals surface area contributed by atoms with Crippen LogP contribution in [0.5, 0.6) is 5.75 Å². The second kappa shape index (κ2) is 13.1. The van der Waals surface area contributed by atoms with Crippen LogP contribution in [0.1, 0.15) is 5.56 Å². The molecule has 6 N–H and O–H groups in total. The number of nitrogens with one attached hydrogen (secondary N) is 5. The summed E-state index contributed by atoms with van der Waals surface area (Å²) in [5.41, 5.74) is 3.76. The maximum atomic E-state index is 12.3. The number of hydrogen-bond acceptors (Lipinski definition) is 6. The van der Waals surface area contributed by atoms with Crippen molar-refractivity contribution in [1.82, 2.24) is 10.3 Å². The Morgan fingerprint density at radius 1 is 0.921 bits per heavy atom. The summed E-state index contributed by atoms with van der Waals surface area (Å²) >= 11 is 0. The third-order valence-electron chi connectivity index (χ3n) is 5.72. The van der Waals surface area contributed by atoms with E-state index in [0.717, 1.165) is 28.6 Å². The van der Waals surface area contributed by atoms with Gasteiger partial charge in [0.15, 0.2) is 0 Å². The molecule has 0 unspecified atom stereocenters. The van der Waals surface area contributed by atoms with Crippen molar-refractivity contribution in [1.29, 1.82) is 0 Å². The van der Waals surface area contributed by atoms with Crippen LogP contribution in [0.2, 0.25) is 0 Å². The number of benzene rings is 3. The standard InChI is InChI=1S/C28H31N5O5/c1-37-28(36)33-22-5-2-4-21(16-22)32-27(35)31-20-10-8-19(9-11-20)12-14-29-17-23(34)18-38-26-7-3-6-25-24(26)13-15-30-25/h2-11,13,15-16,23,29-30,34H,12,14,17-18H2,1H3,(H,33,36)(H2,31,32,35)/t23-/m0/s1. The van der Waals surface area contributed by atoms with Gasteiger partial charge in [0.05, 0.1) is 7.11 Å². The summed E-state index contributed by atoms with van der Waals surface area (Å²) in [6.45, 7) is 1.30. The number of amides is 3. The van der Waals surface area contributed by atoms with E-state index >= 15 is 0 Å². The fraction of sp³-hybridized carbons (Fsp3) is 0.214. The number of rotatable bonds is 11. The first kappa shape index (κ1) is 26.5. The number of carbonyl (C=O) groups is 2. The van der Waals surface area contributed by atoms with Gasteiger partial charge in [0.2, 0.25) is 0 Å². The SMILES string of the molecule is COC(=O)Nc1cccc(NC(=O)Nc2ccc(CCNC[C@H](O)COc3cccc4[nH]ccc34)cc2)c1. The highest BCUT2D eigenvalue weighted by atomic mass is 16.5. The topological polar surface area (TPSA) is 137 Å². The number of fused-ring (bicyclic) bond motifs is 1. The molecule has 4 aromatic rings. The van der Waals surface area contributed by atoms with Gasteiger partial charge in [0.1, 0.15) is 18.5 Å². The van der Waals surface area contributed by atoms with Gasteiger partial charge < -0.3 is 35.5 Å². The Kier molecular flexibility index (Phi) is 9.17. The van der Waals surface area contributed by atoms with Crippen LogP contribution in [-0.2, 0) is 11.2 Å². The van der Waals surface area contributed by atoms with Gasteiger partial charge in [-0.2, -0.15) is 0 Å². The highest BCUT2D eigenvalue weighted by Gasteiger charge is 2.09. The van der Waals surface area contributed by atoms with Gasteiger partial charge in [0.25, 0.3) is 0 Å². The van der Waals surface area contributed by atoms with Crippen LogP contribution < -0.4 is 26.0 Å². The van der Waals surface area contributed by atoms with Crippen molar-refractivity contribution in [3.63, 3.8) is 0 Å². The largest absolute Gasteiger partial charge is 0.490 e. The van der Waals surface area contributed by atoms with E-state index < -0.39 is 18.2 Å². The molecule has 198 valence electrons. The predicted octanol–water partition coefficient (Wildman–Crippen LogP) is 4.56. The molecular weight excluding hydrogens is 486 g/mol.